The van der Waals surface area contributed by atoms with Crippen molar-refractivity contribution in [1.29, 1.82) is 0 Å². The summed E-state index contributed by atoms with van der Waals surface area (Å²) in [6.07, 6.45) is 2.15. The highest BCUT2D eigenvalue weighted by Crippen LogP contribution is 2.33. The maximum atomic E-state index is 11.6. The first-order valence-corrected chi connectivity index (χ1v) is 5.30. The molecule has 1 aliphatic carbocycles. The fraction of sp³-hybridized carbons (Fsp3) is 0.800. The highest BCUT2D eigenvalue weighted by Gasteiger charge is 2.44. The minimum atomic E-state index is -0.178. The maximum Gasteiger partial charge on any atom is 0.346 e. The van der Waals surface area contributed by atoms with Crippen LogP contribution >= 0.6 is 0 Å². The van der Waals surface area contributed by atoms with Gasteiger partial charge in [0.2, 0.25) is 0 Å². The largest absolute Gasteiger partial charge is 0.385 e. The number of ether oxygens (including phenoxy) is 1. The number of hydrogen-bond donors (Lipinski definition) is 1. The number of carbonyl (C=O) groups is 1. The lowest BCUT2D eigenvalue weighted by molar-refractivity contribution is 0.121. The quantitative estimate of drug-likeness (QED) is 0.740. The molecule has 2 atom stereocenters. The van der Waals surface area contributed by atoms with Crippen LogP contribution in [0.1, 0.15) is 19.8 Å². The van der Waals surface area contributed by atoms with Gasteiger partial charge in [-0.2, -0.15) is 4.99 Å². The fourth-order valence-electron chi connectivity index (χ4n) is 2.15. The normalized spacial score (nSPS) is 28.1. The molecule has 5 nitrogen and oxygen atoms in total. The van der Waals surface area contributed by atoms with Crippen molar-refractivity contribution in [3.63, 3.8) is 0 Å². The van der Waals surface area contributed by atoms with Gasteiger partial charge < -0.3 is 15.4 Å². The molecule has 0 aromatic heterocycles. The molecule has 2 rings (SSSR count). The van der Waals surface area contributed by atoms with Crippen LogP contribution in [0.4, 0.5) is 4.79 Å². The van der Waals surface area contributed by atoms with Crippen LogP contribution in [0.3, 0.4) is 0 Å². The van der Waals surface area contributed by atoms with Gasteiger partial charge in [0.15, 0.2) is 0 Å². The number of amides is 2. The van der Waals surface area contributed by atoms with Crippen LogP contribution in [0, 0.1) is 5.92 Å². The average molecular weight is 211 g/mol. The minimum Gasteiger partial charge on any atom is -0.385 e. The molecule has 2 N–H and O–H groups in total. The zero-order chi connectivity index (χ0) is 11.0. The Labute approximate surface area is 89.3 Å². The number of nitrogens with zero attached hydrogens (tertiary/aromatic N) is 2. The smallest absolute Gasteiger partial charge is 0.346 e. The van der Waals surface area contributed by atoms with E-state index in [0.717, 1.165) is 12.8 Å². The van der Waals surface area contributed by atoms with Gasteiger partial charge in [-0.05, 0) is 12.8 Å². The van der Waals surface area contributed by atoms with Crippen LogP contribution in [-0.2, 0) is 4.74 Å². The van der Waals surface area contributed by atoms with E-state index in [2.05, 4.69) is 4.99 Å². The average Bonchev–Trinajstić information content (AvgIpc) is 2.93. The first-order chi connectivity index (χ1) is 7.15. The molecule has 2 aliphatic rings. The van der Waals surface area contributed by atoms with E-state index >= 15 is 0 Å². The van der Waals surface area contributed by atoms with Crippen molar-refractivity contribution in [3.05, 3.63) is 0 Å². The minimum absolute atomic E-state index is 0.0649. The van der Waals surface area contributed by atoms with Crippen LogP contribution in [0.25, 0.3) is 0 Å². The summed E-state index contributed by atoms with van der Waals surface area (Å²) in [5.41, 5.74) is 5.79. The zero-order valence-corrected chi connectivity index (χ0v) is 9.14. The third-order valence-electron chi connectivity index (χ3n) is 2.96. The third-order valence-corrected chi connectivity index (χ3v) is 2.96. The zero-order valence-electron chi connectivity index (χ0n) is 9.14. The van der Waals surface area contributed by atoms with Gasteiger partial charge in [0.05, 0.1) is 12.6 Å². The number of aliphatic imine (C=N–C) groups is 1. The van der Waals surface area contributed by atoms with Crippen molar-refractivity contribution in [2.75, 3.05) is 13.7 Å². The van der Waals surface area contributed by atoms with E-state index in [1.807, 2.05) is 11.8 Å². The third kappa shape index (κ3) is 1.84. The fourth-order valence-corrected chi connectivity index (χ4v) is 2.15. The number of rotatable bonds is 4. The maximum absolute atomic E-state index is 11.6. The lowest BCUT2D eigenvalue weighted by atomic mass is 10.0. The Morgan fingerprint density at radius 3 is 2.87 bits per heavy atom. The van der Waals surface area contributed by atoms with Gasteiger partial charge in [-0.25, -0.2) is 4.79 Å². The summed E-state index contributed by atoms with van der Waals surface area (Å²) in [5.74, 6) is 0.641. The number of hydrogen-bond acceptors (Lipinski definition) is 3. The summed E-state index contributed by atoms with van der Waals surface area (Å²) in [6, 6.07) is 0.111. The first kappa shape index (κ1) is 10.4. The van der Waals surface area contributed by atoms with Crippen LogP contribution in [0.2, 0.25) is 0 Å². The second-order valence-corrected chi connectivity index (χ2v) is 4.34. The predicted molar refractivity (Wildman–Crippen MR) is 56.7 cm³/mol. The number of nitrogens with two attached hydrogens (primary N) is 1. The Balaban J connectivity index is 2.12. The molecule has 1 aliphatic heterocycles. The van der Waals surface area contributed by atoms with E-state index in [-0.39, 0.29) is 18.0 Å². The second-order valence-electron chi connectivity index (χ2n) is 4.34. The summed E-state index contributed by atoms with van der Waals surface area (Å²) >= 11 is 0. The summed E-state index contributed by atoms with van der Waals surface area (Å²) < 4.78 is 5.10. The van der Waals surface area contributed by atoms with Gasteiger partial charge in [-0.3, -0.25) is 0 Å². The van der Waals surface area contributed by atoms with Crippen molar-refractivity contribution in [2.24, 2.45) is 16.6 Å². The van der Waals surface area contributed by atoms with Crippen LogP contribution < -0.4 is 5.73 Å². The van der Waals surface area contributed by atoms with E-state index in [9.17, 15) is 4.79 Å². The molecule has 2 unspecified atom stereocenters. The molecular formula is C10H17N3O2. The van der Waals surface area contributed by atoms with Crippen LogP contribution in [-0.4, -0.2) is 42.6 Å². The highest BCUT2D eigenvalue weighted by molar-refractivity contribution is 6.03. The molecule has 5 heteroatoms. The first-order valence-electron chi connectivity index (χ1n) is 5.30. The molecule has 84 valence electrons. The highest BCUT2D eigenvalue weighted by atomic mass is 16.5. The Kier molecular flexibility index (Phi) is 2.65. The molecule has 1 fully saturated rings. The van der Waals surface area contributed by atoms with E-state index in [1.54, 1.807) is 7.11 Å². The Hall–Kier alpha value is -1.10. The summed E-state index contributed by atoms with van der Waals surface area (Å²) in [4.78, 5) is 17.3. The van der Waals surface area contributed by atoms with Gasteiger partial charge in [-0.15, -0.1) is 0 Å². The van der Waals surface area contributed by atoms with E-state index in [1.165, 1.54) is 0 Å². The number of methoxy groups -OCH3 is 1. The molecule has 1 heterocycles. The SMILES string of the molecule is COCC(C)C1C(N)=NC(=O)N1C1CC1. The molecule has 0 aromatic carbocycles. The van der Waals surface area contributed by atoms with Crippen LogP contribution in [0.15, 0.2) is 4.99 Å². The second kappa shape index (κ2) is 3.81. The van der Waals surface area contributed by atoms with Crippen molar-refractivity contribution in [2.45, 2.75) is 31.8 Å². The summed E-state index contributed by atoms with van der Waals surface area (Å²) in [6.45, 7) is 2.63. The van der Waals surface area contributed by atoms with Gasteiger partial charge in [0.1, 0.15) is 5.84 Å². The number of amidine groups is 1. The van der Waals surface area contributed by atoms with Crippen LogP contribution in [0.5, 0.6) is 0 Å². The van der Waals surface area contributed by atoms with E-state index in [4.69, 9.17) is 10.5 Å². The molecule has 0 radical (unpaired) electrons. The lowest BCUT2D eigenvalue weighted by Crippen LogP contribution is -2.47. The van der Waals surface area contributed by atoms with Crippen molar-refractivity contribution >= 4 is 11.9 Å². The van der Waals surface area contributed by atoms with E-state index in [0.29, 0.717) is 18.5 Å². The van der Waals surface area contributed by atoms with Gasteiger partial charge >= 0.3 is 6.03 Å². The molecule has 2 amide bonds. The molecular weight excluding hydrogens is 194 g/mol. The number of urea groups is 1. The van der Waals surface area contributed by atoms with E-state index < -0.39 is 0 Å². The number of carbonyl (C=O) groups excluding carboxylic acids is 1. The van der Waals surface area contributed by atoms with Gasteiger partial charge in [0, 0.05) is 19.1 Å². The molecule has 0 saturated heterocycles. The summed E-state index contributed by atoms with van der Waals surface area (Å²) in [7, 11) is 1.65. The predicted octanol–water partition coefficient (Wildman–Crippen LogP) is 0.593. The lowest BCUT2D eigenvalue weighted by Gasteiger charge is -2.28. The van der Waals surface area contributed by atoms with Crippen molar-refractivity contribution in [1.82, 2.24) is 4.90 Å². The Morgan fingerprint density at radius 1 is 1.67 bits per heavy atom. The molecule has 0 bridgehead atoms. The monoisotopic (exact) mass is 211 g/mol. The van der Waals surface area contributed by atoms with Gasteiger partial charge in [0.25, 0.3) is 0 Å². The standard InChI is InChI=1S/C10H17N3O2/c1-6(5-15-2)8-9(11)12-10(14)13(8)7-3-4-7/h6-8H,3-5H2,1-2H3,(H2,11,12,14). The van der Waals surface area contributed by atoms with Crippen molar-refractivity contribution < 1.29 is 9.53 Å². The molecule has 0 aromatic rings. The van der Waals surface area contributed by atoms with Gasteiger partial charge in [-0.1, -0.05) is 6.92 Å². The molecule has 0 spiro atoms. The Morgan fingerprint density at radius 2 is 2.33 bits per heavy atom. The Bertz CT molecular complexity index is 299. The summed E-state index contributed by atoms with van der Waals surface area (Å²) in [5, 5.41) is 0. The molecule has 15 heavy (non-hydrogen) atoms. The molecule has 1 saturated carbocycles. The van der Waals surface area contributed by atoms with Crippen molar-refractivity contribution in [3.8, 4) is 0 Å². The topological polar surface area (TPSA) is 67.9 Å².